The molecule has 3 heteroatoms. The Morgan fingerprint density at radius 1 is 1.12 bits per heavy atom. The van der Waals surface area contributed by atoms with Crippen LogP contribution in [-0.2, 0) is 19.3 Å². The first-order valence-corrected chi connectivity index (χ1v) is 6.50. The number of aromatic nitrogens is 2. The molecule has 1 heterocycles. The summed E-state index contributed by atoms with van der Waals surface area (Å²) in [5, 5.41) is 8.43. The van der Waals surface area contributed by atoms with Crippen molar-refractivity contribution in [3.05, 3.63) is 51.8 Å². The van der Waals surface area contributed by atoms with Crippen LogP contribution in [0.25, 0.3) is 0 Å². The molecule has 17 heavy (non-hydrogen) atoms. The summed E-state index contributed by atoms with van der Waals surface area (Å²) < 4.78 is 0. The van der Waals surface area contributed by atoms with Crippen molar-refractivity contribution in [1.82, 2.24) is 10.2 Å². The number of rotatable bonds is 2. The Balaban J connectivity index is 1.85. The van der Waals surface area contributed by atoms with E-state index in [4.69, 9.17) is 11.6 Å². The Kier molecular flexibility index (Phi) is 2.89. The molecule has 2 nitrogen and oxygen atoms in total. The molecule has 3 rings (SSSR count). The number of hydrogen-bond acceptors (Lipinski definition) is 1. The minimum absolute atomic E-state index is 0.790. The molecular weight excluding hydrogens is 232 g/mol. The first-order chi connectivity index (χ1) is 8.33. The van der Waals surface area contributed by atoms with E-state index in [1.165, 1.54) is 41.8 Å². The van der Waals surface area contributed by atoms with E-state index in [-0.39, 0.29) is 0 Å². The van der Waals surface area contributed by atoms with Crippen LogP contribution in [0.5, 0.6) is 0 Å². The molecule has 0 saturated carbocycles. The largest absolute Gasteiger partial charge is 0.282 e. The topological polar surface area (TPSA) is 28.7 Å². The Morgan fingerprint density at radius 2 is 1.88 bits per heavy atom. The maximum absolute atomic E-state index is 5.89. The molecular formula is C14H15ClN2. The lowest BCUT2D eigenvalue weighted by Crippen LogP contribution is -2.02. The van der Waals surface area contributed by atoms with E-state index in [2.05, 4.69) is 22.3 Å². The van der Waals surface area contributed by atoms with Gasteiger partial charge < -0.3 is 0 Å². The second-order valence-corrected chi connectivity index (χ2v) is 5.07. The smallest absolute Gasteiger partial charge is 0.0700 e. The van der Waals surface area contributed by atoms with Crippen LogP contribution in [0.4, 0.5) is 0 Å². The van der Waals surface area contributed by atoms with Crippen LogP contribution >= 0.6 is 11.6 Å². The zero-order chi connectivity index (χ0) is 11.7. The molecule has 0 radical (unpaired) electrons. The molecule has 0 amide bonds. The monoisotopic (exact) mass is 246 g/mol. The van der Waals surface area contributed by atoms with Crippen LogP contribution in [0.3, 0.4) is 0 Å². The predicted octanol–water partition coefficient (Wildman–Crippen LogP) is 3.53. The first-order valence-electron chi connectivity index (χ1n) is 6.12. The van der Waals surface area contributed by atoms with Crippen LogP contribution in [0.1, 0.15) is 35.4 Å². The van der Waals surface area contributed by atoms with Crippen LogP contribution < -0.4 is 0 Å². The van der Waals surface area contributed by atoms with E-state index in [1.54, 1.807) is 0 Å². The number of benzene rings is 1. The van der Waals surface area contributed by atoms with Crippen molar-refractivity contribution < 1.29 is 0 Å². The molecule has 0 aliphatic heterocycles. The summed E-state index contributed by atoms with van der Waals surface area (Å²) in [6.07, 6.45) is 5.82. The fourth-order valence-corrected chi connectivity index (χ4v) is 2.62. The van der Waals surface area contributed by atoms with E-state index in [1.807, 2.05) is 12.1 Å². The first kappa shape index (κ1) is 10.8. The molecule has 88 valence electrons. The highest BCUT2D eigenvalue weighted by atomic mass is 35.5. The van der Waals surface area contributed by atoms with Crippen molar-refractivity contribution in [2.45, 2.75) is 32.1 Å². The average molecular weight is 247 g/mol. The van der Waals surface area contributed by atoms with Gasteiger partial charge in [-0.25, -0.2) is 0 Å². The Morgan fingerprint density at radius 3 is 2.71 bits per heavy atom. The Hall–Kier alpha value is -1.28. The van der Waals surface area contributed by atoms with Crippen LogP contribution in [0.2, 0.25) is 5.02 Å². The summed E-state index contributed by atoms with van der Waals surface area (Å²) in [7, 11) is 0. The average Bonchev–Trinajstić information content (AvgIpc) is 2.76. The number of aromatic amines is 1. The van der Waals surface area contributed by atoms with Crippen molar-refractivity contribution in [2.75, 3.05) is 0 Å². The lowest BCUT2D eigenvalue weighted by molar-refractivity contribution is 0.673. The van der Waals surface area contributed by atoms with Gasteiger partial charge in [0.25, 0.3) is 0 Å². The summed E-state index contributed by atoms with van der Waals surface area (Å²) >= 11 is 5.89. The molecule has 1 aliphatic rings. The van der Waals surface area contributed by atoms with Crippen LogP contribution in [0, 0.1) is 0 Å². The zero-order valence-corrected chi connectivity index (χ0v) is 10.4. The summed E-state index contributed by atoms with van der Waals surface area (Å²) in [6.45, 7) is 0. The standard InChI is InChI=1S/C14H15ClN2/c15-11-7-5-10(6-8-11)9-14-12-3-1-2-4-13(12)16-17-14/h5-8H,1-4,9H2,(H,16,17). The third-order valence-electron chi connectivity index (χ3n) is 3.43. The van der Waals surface area contributed by atoms with Gasteiger partial charge >= 0.3 is 0 Å². The van der Waals surface area contributed by atoms with E-state index >= 15 is 0 Å². The van der Waals surface area contributed by atoms with E-state index in [0.29, 0.717) is 0 Å². The summed E-state index contributed by atoms with van der Waals surface area (Å²) in [6, 6.07) is 8.03. The number of nitrogens with one attached hydrogen (secondary N) is 1. The number of nitrogens with zero attached hydrogens (tertiary/aromatic N) is 1. The highest BCUT2D eigenvalue weighted by Crippen LogP contribution is 2.24. The zero-order valence-electron chi connectivity index (χ0n) is 9.67. The van der Waals surface area contributed by atoms with Gasteiger partial charge in [0, 0.05) is 17.1 Å². The van der Waals surface area contributed by atoms with E-state index in [9.17, 15) is 0 Å². The second kappa shape index (κ2) is 4.53. The van der Waals surface area contributed by atoms with Crippen molar-refractivity contribution in [1.29, 1.82) is 0 Å². The highest BCUT2D eigenvalue weighted by molar-refractivity contribution is 6.30. The van der Waals surface area contributed by atoms with Crippen molar-refractivity contribution in [3.8, 4) is 0 Å². The third kappa shape index (κ3) is 2.22. The van der Waals surface area contributed by atoms with Gasteiger partial charge in [-0.3, -0.25) is 5.10 Å². The van der Waals surface area contributed by atoms with Crippen LogP contribution in [0.15, 0.2) is 24.3 Å². The molecule has 0 atom stereocenters. The molecule has 1 aromatic carbocycles. The van der Waals surface area contributed by atoms with Crippen molar-refractivity contribution in [3.63, 3.8) is 0 Å². The lowest BCUT2D eigenvalue weighted by atomic mass is 9.94. The molecule has 0 saturated heterocycles. The highest BCUT2D eigenvalue weighted by Gasteiger charge is 2.16. The number of hydrogen-bond donors (Lipinski definition) is 1. The molecule has 0 bridgehead atoms. The van der Waals surface area contributed by atoms with Gasteiger partial charge in [-0.2, -0.15) is 5.10 Å². The van der Waals surface area contributed by atoms with Crippen molar-refractivity contribution >= 4 is 11.6 Å². The van der Waals surface area contributed by atoms with E-state index in [0.717, 1.165) is 17.9 Å². The minimum Gasteiger partial charge on any atom is -0.282 e. The maximum atomic E-state index is 5.89. The SMILES string of the molecule is Clc1ccc(Cc2n[nH]c3c2CCCC3)cc1. The summed E-state index contributed by atoms with van der Waals surface area (Å²) in [5.74, 6) is 0. The molecule has 1 aromatic heterocycles. The summed E-state index contributed by atoms with van der Waals surface area (Å²) in [5.41, 5.74) is 5.28. The molecule has 1 N–H and O–H groups in total. The van der Waals surface area contributed by atoms with Gasteiger partial charge in [-0.05, 0) is 48.9 Å². The lowest BCUT2D eigenvalue weighted by Gasteiger charge is -2.11. The summed E-state index contributed by atoms with van der Waals surface area (Å²) in [4.78, 5) is 0. The normalized spacial score (nSPS) is 14.6. The van der Waals surface area contributed by atoms with Gasteiger partial charge in [0.05, 0.1) is 5.69 Å². The number of halogens is 1. The number of aryl methyl sites for hydroxylation is 1. The second-order valence-electron chi connectivity index (χ2n) is 4.64. The van der Waals surface area contributed by atoms with Gasteiger partial charge in [0.1, 0.15) is 0 Å². The predicted molar refractivity (Wildman–Crippen MR) is 69.5 cm³/mol. The fourth-order valence-electron chi connectivity index (χ4n) is 2.49. The minimum atomic E-state index is 0.790. The quantitative estimate of drug-likeness (QED) is 0.863. The number of fused-ring (bicyclic) bond motifs is 1. The Bertz CT molecular complexity index is 514. The molecule has 0 fully saturated rings. The maximum Gasteiger partial charge on any atom is 0.0700 e. The van der Waals surface area contributed by atoms with Crippen molar-refractivity contribution in [2.24, 2.45) is 0 Å². The fraction of sp³-hybridized carbons (Fsp3) is 0.357. The molecule has 0 spiro atoms. The molecule has 1 aliphatic carbocycles. The third-order valence-corrected chi connectivity index (χ3v) is 3.68. The van der Waals surface area contributed by atoms with Gasteiger partial charge in [0.2, 0.25) is 0 Å². The molecule has 0 unspecified atom stereocenters. The Labute approximate surface area is 106 Å². The van der Waals surface area contributed by atoms with Gasteiger partial charge in [-0.15, -0.1) is 0 Å². The van der Waals surface area contributed by atoms with Gasteiger partial charge in [0.15, 0.2) is 0 Å². The number of H-pyrrole nitrogens is 1. The van der Waals surface area contributed by atoms with Crippen LogP contribution in [-0.4, -0.2) is 10.2 Å². The molecule has 2 aromatic rings. The van der Waals surface area contributed by atoms with E-state index < -0.39 is 0 Å². The van der Waals surface area contributed by atoms with Gasteiger partial charge in [-0.1, -0.05) is 23.7 Å².